The second-order valence-corrected chi connectivity index (χ2v) is 7.99. The minimum atomic E-state index is -0.696. The summed E-state index contributed by atoms with van der Waals surface area (Å²) in [6.07, 6.45) is 4.84. The van der Waals surface area contributed by atoms with Gasteiger partial charge in [-0.05, 0) is 43.6 Å². The van der Waals surface area contributed by atoms with Gasteiger partial charge in [-0.25, -0.2) is 4.39 Å². The monoisotopic (exact) mass is 501 g/mol. The summed E-state index contributed by atoms with van der Waals surface area (Å²) in [6, 6.07) is 18.9. The molecule has 1 fully saturated rings. The van der Waals surface area contributed by atoms with E-state index < -0.39 is 6.17 Å². The molecular weight excluding hydrogens is 460 g/mol. The summed E-state index contributed by atoms with van der Waals surface area (Å²) < 4.78 is 13.0. The molecule has 1 heterocycles. The Morgan fingerprint density at radius 1 is 1.17 bits per heavy atom. The standard InChI is InChI=1S/C15H17N2.C12H20FN3.C2H4.Na/c1-17-15(13-5-3-2-4-6-13)14-9-7-12(11-16)8-10-14;1-10(16-6-5-12(13)9-16)3-4-11(7-14)8-15-2;1-2;/h2-11,15,17H,16H2,1H3;7-8,12H,1,3-6,9,14H2,2H3;1-2H2;/q-1;;;+1/b;11-7-,15-8?;;. The van der Waals surface area contributed by atoms with Crippen molar-refractivity contribution in [3.05, 3.63) is 115 Å². The number of benzene rings is 2. The van der Waals surface area contributed by atoms with Crippen molar-refractivity contribution >= 4 is 6.21 Å². The molecule has 5 N–H and O–H groups in total. The van der Waals surface area contributed by atoms with Crippen LogP contribution in [0.3, 0.4) is 0 Å². The molecule has 2 aromatic rings. The van der Waals surface area contributed by atoms with Crippen molar-refractivity contribution in [1.82, 2.24) is 10.2 Å². The molecule has 2 unspecified atom stereocenters. The van der Waals surface area contributed by atoms with Gasteiger partial charge in [0, 0.05) is 32.0 Å². The predicted molar refractivity (Wildman–Crippen MR) is 149 cm³/mol. The first-order valence-electron chi connectivity index (χ1n) is 11.8. The molecule has 0 amide bonds. The summed E-state index contributed by atoms with van der Waals surface area (Å²) in [4.78, 5) is 5.93. The molecule has 5 nitrogen and oxygen atoms in total. The fourth-order valence-corrected chi connectivity index (χ4v) is 3.78. The van der Waals surface area contributed by atoms with Crippen LogP contribution >= 0.6 is 0 Å². The van der Waals surface area contributed by atoms with E-state index in [1.54, 1.807) is 26.0 Å². The molecule has 1 aliphatic heterocycles. The Morgan fingerprint density at radius 2 is 1.78 bits per heavy atom. The smallest absolute Gasteiger partial charge is 0.404 e. The maximum Gasteiger partial charge on any atom is 1.00 e. The normalized spacial score (nSPS) is 15.6. The Balaban J connectivity index is 0.000000622. The molecule has 0 saturated carbocycles. The number of likely N-dealkylation sites (tertiary alicyclic amines) is 1. The molecule has 0 bridgehead atoms. The zero-order chi connectivity index (χ0) is 26.1. The van der Waals surface area contributed by atoms with E-state index in [9.17, 15) is 4.39 Å². The van der Waals surface area contributed by atoms with Gasteiger partial charge in [0.2, 0.25) is 0 Å². The van der Waals surface area contributed by atoms with E-state index in [0.29, 0.717) is 13.0 Å². The molecule has 1 saturated heterocycles. The summed E-state index contributed by atoms with van der Waals surface area (Å²) >= 11 is 0. The first kappa shape index (κ1) is 33.7. The van der Waals surface area contributed by atoms with Crippen LogP contribution < -0.4 is 46.3 Å². The number of halogens is 1. The van der Waals surface area contributed by atoms with Gasteiger partial charge < -0.3 is 21.7 Å². The maximum atomic E-state index is 13.0. The van der Waals surface area contributed by atoms with E-state index in [-0.39, 0.29) is 35.6 Å². The van der Waals surface area contributed by atoms with Crippen LogP contribution in [0.25, 0.3) is 0 Å². The van der Waals surface area contributed by atoms with Gasteiger partial charge in [0.05, 0.1) is 6.04 Å². The number of nitrogens with two attached hydrogens (primary N) is 2. The number of alkyl halides is 1. The summed E-state index contributed by atoms with van der Waals surface area (Å²) in [5, 5.41) is 3.33. The number of rotatable bonds is 9. The Kier molecular flexibility index (Phi) is 18.5. The van der Waals surface area contributed by atoms with Gasteiger partial charge in [0.15, 0.2) is 0 Å². The van der Waals surface area contributed by atoms with Crippen LogP contribution in [0.2, 0.25) is 0 Å². The van der Waals surface area contributed by atoms with E-state index >= 15 is 0 Å². The van der Waals surface area contributed by atoms with E-state index in [0.717, 1.165) is 36.2 Å². The van der Waals surface area contributed by atoms with Gasteiger partial charge in [-0.2, -0.15) is 17.7 Å². The molecule has 0 aromatic heterocycles. The fraction of sp³-hybridized carbons (Fsp3) is 0.310. The van der Waals surface area contributed by atoms with Crippen molar-refractivity contribution in [3.8, 4) is 0 Å². The number of aliphatic imine (C=N–C) groups is 1. The number of allylic oxidation sites excluding steroid dienone is 2. The zero-order valence-corrected chi connectivity index (χ0v) is 24.2. The summed E-state index contributed by atoms with van der Waals surface area (Å²) in [5.41, 5.74) is 16.5. The molecule has 1 aliphatic rings. The summed E-state index contributed by atoms with van der Waals surface area (Å²) in [6.45, 7) is 12.9. The molecule has 0 aliphatic carbocycles. The van der Waals surface area contributed by atoms with Crippen LogP contribution in [0, 0.1) is 6.54 Å². The third-order valence-corrected chi connectivity index (χ3v) is 5.67. The van der Waals surface area contributed by atoms with Gasteiger partial charge in [0.25, 0.3) is 0 Å². The number of hydrogen-bond acceptors (Lipinski definition) is 5. The van der Waals surface area contributed by atoms with E-state index in [1.165, 1.54) is 11.1 Å². The minimum Gasteiger partial charge on any atom is -0.404 e. The maximum absolute atomic E-state index is 13.0. The molecule has 2 atom stereocenters. The first-order valence-corrected chi connectivity index (χ1v) is 11.8. The summed E-state index contributed by atoms with van der Waals surface area (Å²) in [5.74, 6) is 0. The Labute approximate surface area is 239 Å². The second kappa shape index (κ2) is 19.8. The van der Waals surface area contributed by atoms with E-state index in [1.807, 2.05) is 30.1 Å². The van der Waals surface area contributed by atoms with E-state index in [4.69, 9.17) is 11.5 Å². The van der Waals surface area contributed by atoms with Crippen molar-refractivity contribution in [3.63, 3.8) is 0 Å². The van der Waals surface area contributed by atoms with Crippen LogP contribution in [0.15, 0.2) is 96.8 Å². The van der Waals surface area contributed by atoms with Crippen LogP contribution in [0.1, 0.15) is 42.0 Å². The van der Waals surface area contributed by atoms with Crippen molar-refractivity contribution < 1.29 is 33.9 Å². The van der Waals surface area contributed by atoms with Gasteiger partial charge in [0.1, 0.15) is 6.17 Å². The molecular formula is C29H41FN5Na. The average Bonchev–Trinajstić information content (AvgIpc) is 3.36. The van der Waals surface area contributed by atoms with Gasteiger partial charge in [-0.3, -0.25) is 4.99 Å². The quantitative estimate of drug-likeness (QED) is 0.213. The van der Waals surface area contributed by atoms with Crippen LogP contribution in [0.4, 0.5) is 4.39 Å². The van der Waals surface area contributed by atoms with E-state index in [2.05, 4.69) is 66.4 Å². The molecule has 0 radical (unpaired) electrons. The third kappa shape index (κ3) is 11.6. The number of nitrogens with one attached hydrogen (secondary N) is 1. The number of nitrogens with zero attached hydrogens (tertiary/aromatic N) is 2. The van der Waals surface area contributed by atoms with Crippen LogP contribution in [0.5, 0.6) is 0 Å². The molecule has 0 spiro atoms. The van der Waals surface area contributed by atoms with Crippen LogP contribution in [-0.2, 0) is 0 Å². The van der Waals surface area contributed by atoms with Crippen LogP contribution in [-0.4, -0.2) is 44.5 Å². The SMILES string of the molecule is C=C.C=C(CC/C(C=NC)=C/N)N1CCC(F)C1.CNC(c1ccccc1)c1ccc([CH-]N)cc1.[Na+]. The zero-order valence-electron chi connectivity index (χ0n) is 22.2. The van der Waals surface area contributed by atoms with Crippen molar-refractivity contribution in [1.29, 1.82) is 0 Å². The summed E-state index contributed by atoms with van der Waals surface area (Å²) in [7, 11) is 3.69. The third-order valence-electron chi connectivity index (χ3n) is 5.67. The second-order valence-electron chi connectivity index (χ2n) is 7.99. The molecule has 190 valence electrons. The topological polar surface area (TPSA) is 79.7 Å². The van der Waals surface area contributed by atoms with Crippen molar-refractivity contribution in [2.24, 2.45) is 16.5 Å². The molecule has 7 heteroatoms. The van der Waals surface area contributed by atoms with Crippen molar-refractivity contribution in [2.45, 2.75) is 31.5 Å². The Hall–Kier alpha value is -2.35. The average molecular weight is 502 g/mol. The van der Waals surface area contributed by atoms with Gasteiger partial charge in [-0.1, -0.05) is 42.5 Å². The fourth-order valence-electron chi connectivity index (χ4n) is 3.78. The largest absolute Gasteiger partial charge is 1.00 e. The molecule has 36 heavy (non-hydrogen) atoms. The number of hydrogen-bond donors (Lipinski definition) is 3. The van der Waals surface area contributed by atoms with Gasteiger partial charge >= 0.3 is 29.6 Å². The van der Waals surface area contributed by atoms with Gasteiger partial charge in [-0.15, -0.1) is 31.8 Å². The predicted octanol–water partition coefficient (Wildman–Crippen LogP) is 2.14. The van der Waals surface area contributed by atoms with Crippen molar-refractivity contribution in [2.75, 3.05) is 27.2 Å². The molecule has 2 aromatic carbocycles. The minimum absolute atomic E-state index is 0. The Bertz CT molecular complexity index is 915. The molecule has 3 rings (SSSR count). The first-order chi connectivity index (χ1) is 17.0. The Morgan fingerprint density at radius 3 is 2.25 bits per heavy atom.